The van der Waals surface area contributed by atoms with E-state index in [9.17, 15) is 4.79 Å². The van der Waals surface area contributed by atoms with Gasteiger partial charge in [0.15, 0.2) is 0 Å². The zero-order chi connectivity index (χ0) is 14.7. The normalized spacial score (nSPS) is 16.8. The van der Waals surface area contributed by atoms with Crippen LogP contribution in [0.25, 0.3) is 0 Å². The van der Waals surface area contributed by atoms with Gasteiger partial charge in [-0.15, -0.1) is 0 Å². The first-order valence-electron chi connectivity index (χ1n) is 6.95. The molecule has 1 N–H and O–H groups in total. The number of nitrogens with zero attached hydrogens (tertiary/aromatic N) is 1. The molecule has 2 aromatic rings. The van der Waals surface area contributed by atoms with E-state index in [-0.39, 0.29) is 11.8 Å². The van der Waals surface area contributed by atoms with Crippen LogP contribution < -0.4 is 10.1 Å². The molecule has 1 unspecified atom stereocenters. The van der Waals surface area contributed by atoms with Crippen LogP contribution in [0.15, 0.2) is 53.5 Å². The monoisotopic (exact) mass is 280 g/mol. The quantitative estimate of drug-likeness (QED) is 0.871. The number of para-hydroxylation sites is 1. The predicted molar refractivity (Wildman–Crippen MR) is 83.6 cm³/mol. The Balaban J connectivity index is 1.78. The molecule has 4 nitrogen and oxygen atoms in total. The number of hydrogen-bond donors (Lipinski definition) is 1. The average Bonchev–Trinajstić information content (AvgIpc) is 2.82. The van der Waals surface area contributed by atoms with Crippen LogP contribution in [0.5, 0.6) is 5.75 Å². The lowest BCUT2D eigenvalue weighted by atomic mass is 10.0. The van der Waals surface area contributed by atoms with Crippen molar-refractivity contribution < 1.29 is 9.53 Å². The largest absolute Gasteiger partial charge is 0.494 e. The number of fused-ring (bicyclic) bond motifs is 1. The SMILES string of the molecule is CCOc1ccc(N=CC2C(=O)Nc3ccccc32)cc1. The molecule has 106 valence electrons. The van der Waals surface area contributed by atoms with E-state index in [4.69, 9.17) is 4.74 Å². The number of nitrogens with one attached hydrogen (secondary N) is 1. The van der Waals surface area contributed by atoms with Crippen molar-refractivity contribution in [1.82, 2.24) is 0 Å². The summed E-state index contributed by atoms with van der Waals surface area (Å²) in [6.45, 7) is 2.59. The van der Waals surface area contributed by atoms with Gasteiger partial charge in [-0.1, -0.05) is 18.2 Å². The van der Waals surface area contributed by atoms with Crippen molar-refractivity contribution in [2.75, 3.05) is 11.9 Å². The van der Waals surface area contributed by atoms with Gasteiger partial charge in [0, 0.05) is 11.9 Å². The highest BCUT2D eigenvalue weighted by molar-refractivity contribution is 6.12. The van der Waals surface area contributed by atoms with Gasteiger partial charge in [-0.3, -0.25) is 9.79 Å². The number of hydrogen-bond acceptors (Lipinski definition) is 3. The maximum Gasteiger partial charge on any atom is 0.237 e. The lowest BCUT2D eigenvalue weighted by Gasteiger charge is -2.03. The topological polar surface area (TPSA) is 50.7 Å². The summed E-state index contributed by atoms with van der Waals surface area (Å²) in [6.07, 6.45) is 1.69. The fourth-order valence-electron chi connectivity index (χ4n) is 2.34. The van der Waals surface area contributed by atoms with Gasteiger partial charge in [-0.05, 0) is 42.8 Å². The Morgan fingerprint density at radius 2 is 1.95 bits per heavy atom. The Kier molecular flexibility index (Phi) is 3.69. The van der Waals surface area contributed by atoms with Crippen LogP contribution in [-0.4, -0.2) is 18.7 Å². The molecule has 1 atom stereocenters. The van der Waals surface area contributed by atoms with E-state index in [1.807, 2.05) is 55.5 Å². The third-order valence-electron chi connectivity index (χ3n) is 3.36. The Hall–Kier alpha value is -2.62. The predicted octanol–water partition coefficient (Wildman–Crippen LogP) is 3.52. The summed E-state index contributed by atoms with van der Waals surface area (Å²) in [7, 11) is 0. The molecule has 21 heavy (non-hydrogen) atoms. The minimum atomic E-state index is -0.326. The highest BCUT2D eigenvalue weighted by Gasteiger charge is 2.28. The van der Waals surface area contributed by atoms with Crippen molar-refractivity contribution in [3.05, 3.63) is 54.1 Å². The molecular weight excluding hydrogens is 264 g/mol. The van der Waals surface area contributed by atoms with Crippen LogP contribution >= 0.6 is 0 Å². The van der Waals surface area contributed by atoms with E-state index < -0.39 is 0 Å². The molecule has 0 radical (unpaired) electrons. The fraction of sp³-hybridized carbons (Fsp3) is 0.176. The Morgan fingerprint density at radius 3 is 2.71 bits per heavy atom. The zero-order valence-electron chi connectivity index (χ0n) is 11.7. The molecule has 1 heterocycles. The summed E-state index contributed by atoms with van der Waals surface area (Å²) >= 11 is 0. The molecule has 0 spiro atoms. The van der Waals surface area contributed by atoms with E-state index in [0.29, 0.717) is 6.61 Å². The highest BCUT2D eigenvalue weighted by atomic mass is 16.5. The molecule has 0 aliphatic carbocycles. The summed E-state index contributed by atoms with van der Waals surface area (Å²) in [4.78, 5) is 16.4. The second kappa shape index (κ2) is 5.79. The highest BCUT2D eigenvalue weighted by Crippen LogP contribution is 2.31. The van der Waals surface area contributed by atoms with Crippen molar-refractivity contribution in [3.63, 3.8) is 0 Å². The summed E-state index contributed by atoms with van der Waals surface area (Å²) in [5, 5.41) is 2.86. The number of carbonyl (C=O) groups is 1. The molecule has 2 aromatic carbocycles. The third kappa shape index (κ3) is 2.79. The number of rotatable bonds is 4. The second-order valence-electron chi connectivity index (χ2n) is 4.76. The first-order chi connectivity index (χ1) is 10.3. The maximum absolute atomic E-state index is 12.0. The van der Waals surface area contributed by atoms with Crippen LogP contribution in [0.1, 0.15) is 18.4 Å². The number of amides is 1. The van der Waals surface area contributed by atoms with Gasteiger partial charge in [-0.25, -0.2) is 0 Å². The van der Waals surface area contributed by atoms with Crippen LogP contribution in [0.3, 0.4) is 0 Å². The van der Waals surface area contributed by atoms with Gasteiger partial charge >= 0.3 is 0 Å². The van der Waals surface area contributed by atoms with Crippen molar-refractivity contribution in [3.8, 4) is 5.75 Å². The molecule has 0 bridgehead atoms. The van der Waals surface area contributed by atoms with Gasteiger partial charge < -0.3 is 10.1 Å². The molecule has 1 aliphatic heterocycles. The minimum Gasteiger partial charge on any atom is -0.494 e. The lowest BCUT2D eigenvalue weighted by molar-refractivity contribution is -0.115. The molecule has 4 heteroatoms. The van der Waals surface area contributed by atoms with Crippen molar-refractivity contribution in [2.24, 2.45) is 4.99 Å². The maximum atomic E-state index is 12.0. The Labute approximate surface area is 123 Å². The van der Waals surface area contributed by atoms with Crippen LogP contribution in [0, 0.1) is 0 Å². The van der Waals surface area contributed by atoms with Crippen LogP contribution in [0.2, 0.25) is 0 Å². The van der Waals surface area contributed by atoms with E-state index in [2.05, 4.69) is 10.3 Å². The first kappa shape index (κ1) is 13.4. The number of benzene rings is 2. The number of anilines is 1. The molecular formula is C17H16N2O2. The molecule has 0 saturated carbocycles. The van der Waals surface area contributed by atoms with Crippen molar-refractivity contribution in [1.29, 1.82) is 0 Å². The lowest BCUT2D eigenvalue weighted by Crippen LogP contribution is -2.12. The molecule has 0 saturated heterocycles. The standard InChI is InChI=1S/C17H16N2O2/c1-2-21-13-9-7-12(8-10-13)18-11-15-14-5-3-4-6-16(14)19-17(15)20/h3-11,15H,2H2,1H3,(H,19,20). The average molecular weight is 280 g/mol. The van der Waals surface area contributed by atoms with E-state index in [1.165, 1.54) is 0 Å². The summed E-state index contributed by atoms with van der Waals surface area (Å²) < 4.78 is 5.39. The molecule has 0 aromatic heterocycles. The summed E-state index contributed by atoms with van der Waals surface area (Å²) in [5.41, 5.74) is 2.64. The fourth-order valence-corrected chi connectivity index (χ4v) is 2.34. The molecule has 0 fully saturated rings. The van der Waals surface area contributed by atoms with Gasteiger partial charge in [0.25, 0.3) is 0 Å². The molecule has 1 amide bonds. The van der Waals surface area contributed by atoms with Crippen LogP contribution in [0.4, 0.5) is 11.4 Å². The number of carbonyl (C=O) groups excluding carboxylic acids is 1. The van der Waals surface area contributed by atoms with Crippen LogP contribution in [-0.2, 0) is 4.79 Å². The Bertz CT molecular complexity index is 677. The number of ether oxygens (including phenoxy) is 1. The summed E-state index contributed by atoms with van der Waals surface area (Å²) in [5.74, 6) is 0.457. The second-order valence-corrected chi connectivity index (χ2v) is 4.76. The van der Waals surface area contributed by atoms with E-state index >= 15 is 0 Å². The Morgan fingerprint density at radius 1 is 1.19 bits per heavy atom. The van der Waals surface area contributed by atoms with Gasteiger partial charge in [-0.2, -0.15) is 0 Å². The van der Waals surface area contributed by atoms with Crippen molar-refractivity contribution in [2.45, 2.75) is 12.8 Å². The van der Waals surface area contributed by atoms with Gasteiger partial charge in [0.2, 0.25) is 5.91 Å². The third-order valence-corrected chi connectivity index (χ3v) is 3.36. The summed E-state index contributed by atoms with van der Waals surface area (Å²) in [6, 6.07) is 15.2. The van der Waals surface area contributed by atoms with Gasteiger partial charge in [0.1, 0.15) is 11.7 Å². The minimum absolute atomic E-state index is 0.0362. The van der Waals surface area contributed by atoms with E-state index in [1.54, 1.807) is 6.21 Å². The van der Waals surface area contributed by atoms with Gasteiger partial charge in [0.05, 0.1) is 12.3 Å². The molecule has 1 aliphatic rings. The first-order valence-corrected chi connectivity index (χ1v) is 6.95. The van der Waals surface area contributed by atoms with Crippen molar-refractivity contribution >= 4 is 23.5 Å². The molecule has 3 rings (SSSR count). The zero-order valence-corrected chi connectivity index (χ0v) is 11.7. The number of aliphatic imine (C=N–C) groups is 1. The van der Waals surface area contributed by atoms with E-state index in [0.717, 1.165) is 22.7 Å². The smallest absolute Gasteiger partial charge is 0.237 e.